The molecule has 0 atom stereocenters. The lowest BCUT2D eigenvalue weighted by Crippen LogP contribution is -1.95. The third-order valence-electron chi connectivity index (χ3n) is 3.90. The predicted molar refractivity (Wildman–Crippen MR) is 98.7 cm³/mol. The van der Waals surface area contributed by atoms with E-state index in [4.69, 9.17) is 11.0 Å². The lowest BCUT2D eigenvalue weighted by molar-refractivity contribution is 1.07. The Morgan fingerprint density at radius 2 is 1.74 bits per heavy atom. The van der Waals surface area contributed by atoms with Gasteiger partial charge in [0.1, 0.15) is 0 Å². The molecular formula is C22H23N. The Morgan fingerprint density at radius 1 is 0.957 bits per heavy atom. The van der Waals surface area contributed by atoms with E-state index in [9.17, 15) is 0 Å². The van der Waals surface area contributed by atoms with Crippen LogP contribution in [0.25, 0.3) is 22.4 Å². The minimum atomic E-state index is -2.52. The van der Waals surface area contributed by atoms with Crippen LogP contribution in [0.2, 0.25) is 0 Å². The number of rotatable bonds is 3. The molecule has 116 valence electrons. The van der Waals surface area contributed by atoms with Crippen molar-refractivity contribution < 1.29 is 11.0 Å². The van der Waals surface area contributed by atoms with E-state index in [1.807, 2.05) is 30.3 Å². The Bertz CT molecular complexity index is 1090. The van der Waals surface area contributed by atoms with Crippen LogP contribution in [0.15, 0.2) is 54.7 Å². The summed E-state index contributed by atoms with van der Waals surface area (Å²) in [5, 5.41) is 0. The first kappa shape index (κ1) is 8.44. The molecule has 0 unspecified atom stereocenters. The maximum Gasteiger partial charge on any atom is 0.0707 e. The molecule has 1 heteroatoms. The van der Waals surface area contributed by atoms with E-state index in [2.05, 4.69) is 4.98 Å². The summed E-state index contributed by atoms with van der Waals surface area (Å²) >= 11 is 0. The van der Waals surface area contributed by atoms with E-state index in [0.29, 0.717) is 22.4 Å². The maximum absolute atomic E-state index is 7.97. The third kappa shape index (κ3) is 3.05. The molecule has 3 rings (SSSR count). The van der Waals surface area contributed by atoms with E-state index in [1.165, 1.54) is 19.2 Å². The lowest BCUT2D eigenvalue weighted by atomic mass is 9.93. The minimum Gasteiger partial charge on any atom is -0.256 e. The highest BCUT2D eigenvalue weighted by atomic mass is 14.7. The van der Waals surface area contributed by atoms with Gasteiger partial charge in [0.05, 0.1) is 5.69 Å². The number of aromatic nitrogens is 1. The van der Waals surface area contributed by atoms with Gasteiger partial charge in [-0.3, -0.25) is 4.98 Å². The fourth-order valence-electron chi connectivity index (χ4n) is 2.64. The Kier molecular flexibility index (Phi) is 2.34. The quantitative estimate of drug-likeness (QED) is 0.586. The molecule has 1 nitrogen and oxygen atoms in total. The summed E-state index contributed by atoms with van der Waals surface area (Å²) in [6, 6.07) is 13.8. The van der Waals surface area contributed by atoms with Gasteiger partial charge in [0.15, 0.2) is 0 Å². The van der Waals surface area contributed by atoms with Gasteiger partial charge in [-0.15, -0.1) is 0 Å². The molecule has 0 N–H and O–H groups in total. The fraction of sp³-hybridized carbons (Fsp3) is 0.227. The normalized spacial score (nSPS) is 17.7. The first-order chi connectivity index (χ1) is 14.2. The van der Waals surface area contributed by atoms with Gasteiger partial charge in [0.25, 0.3) is 0 Å². The van der Waals surface area contributed by atoms with Crippen LogP contribution >= 0.6 is 0 Å². The van der Waals surface area contributed by atoms with E-state index < -0.39 is 20.1 Å². The van der Waals surface area contributed by atoms with E-state index in [0.717, 1.165) is 5.56 Å². The summed E-state index contributed by atoms with van der Waals surface area (Å²) in [4.78, 5) is 4.35. The van der Waals surface area contributed by atoms with Gasteiger partial charge in [-0.2, -0.15) is 0 Å². The summed E-state index contributed by atoms with van der Waals surface area (Å²) in [5.74, 6) is 0. The summed E-state index contributed by atoms with van der Waals surface area (Å²) in [7, 11) is 0. The fourth-order valence-corrected chi connectivity index (χ4v) is 2.64. The molecule has 1 aromatic heterocycles. The third-order valence-corrected chi connectivity index (χ3v) is 3.90. The van der Waals surface area contributed by atoms with Crippen molar-refractivity contribution in [2.75, 3.05) is 0 Å². The van der Waals surface area contributed by atoms with Crippen molar-refractivity contribution in [2.45, 2.75) is 33.9 Å². The molecule has 0 spiro atoms. The first-order valence-corrected chi connectivity index (χ1v) is 7.41. The molecular weight excluding hydrogens is 278 g/mol. The van der Waals surface area contributed by atoms with Crippen molar-refractivity contribution in [2.24, 2.45) is 0 Å². The topological polar surface area (TPSA) is 12.9 Å². The van der Waals surface area contributed by atoms with Crippen LogP contribution in [0.4, 0.5) is 0 Å². The summed E-state index contributed by atoms with van der Waals surface area (Å²) in [6.07, 6.45) is -0.610. The average Bonchev–Trinajstić information content (AvgIpc) is 2.66. The lowest BCUT2D eigenvalue weighted by Gasteiger charge is -2.14. The molecule has 0 radical (unpaired) electrons. The molecule has 0 aliphatic carbocycles. The molecule has 0 saturated heterocycles. The molecule has 0 bridgehead atoms. The van der Waals surface area contributed by atoms with Gasteiger partial charge in [0.2, 0.25) is 0 Å². The molecule has 0 saturated carbocycles. The van der Waals surface area contributed by atoms with Crippen molar-refractivity contribution in [3.63, 3.8) is 0 Å². The number of nitrogens with zero attached hydrogens (tertiary/aromatic N) is 1. The SMILES string of the molecule is [2H]C([2H])([2H])c1cc(C)c(-c2cc(C([2H])([2H])[2H])c(C([2H])([2H])C)cn2)cc1-c1ccccc1. The summed E-state index contributed by atoms with van der Waals surface area (Å²) in [5.41, 5.74) is 2.95. The predicted octanol–water partition coefficient (Wildman–Crippen LogP) is 5.90. The van der Waals surface area contributed by atoms with Gasteiger partial charge in [-0.05, 0) is 72.5 Å². The zero-order valence-corrected chi connectivity index (χ0v) is 13.1. The highest BCUT2D eigenvalue weighted by Crippen LogP contribution is 2.31. The summed E-state index contributed by atoms with van der Waals surface area (Å²) < 4.78 is 63.4. The number of pyridine rings is 1. The highest BCUT2D eigenvalue weighted by molar-refractivity contribution is 5.76. The van der Waals surface area contributed by atoms with Crippen LogP contribution in [0.3, 0.4) is 0 Å². The highest BCUT2D eigenvalue weighted by Gasteiger charge is 2.10. The van der Waals surface area contributed by atoms with Crippen LogP contribution in [-0.4, -0.2) is 4.98 Å². The Balaban J connectivity index is 2.29. The van der Waals surface area contributed by atoms with Gasteiger partial charge < -0.3 is 0 Å². The van der Waals surface area contributed by atoms with Crippen LogP contribution < -0.4 is 0 Å². The van der Waals surface area contributed by atoms with Gasteiger partial charge in [0, 0.05) is 22.7 Å². The van der Waals surface area contributed by atoms with Crippen LogP contribution in [0, 0.1) is 20.6 Å². The smallest absolute Gasteiger partial charge is 0.0707 e. The molecule has 0 aliphatic rings. The van der Waals surface area contributed by atoms with E-state index >= 15 is 0 Å². The van der Waals surface area contributed by atoms with Crippen LogP contribution in [0.5, 0.6) is 0 Å². The zero-order valence-electron chi connectivity index (χ0n) is 21.1. The Labute approximate surface area is 150 Å². The first-order valence-electron chi connectivity index (χ1n) is 11.4. The molecule has 0 aliphatic heterocycles. The second kappa shape index (κ2) is 6.37. The molecule has 0 amide bonds. The van der Waals surface area contributed by atoms with Crippen molar-refractivity contribution in [3.8, 4) is 22.4 Å². The molecule has 3 aromatic rings. The van der Waals surface area contributed by atoms with Crippen molar-refractivity contribution >= 4 is 0 Å². The number of hydrogen-bond acceptors (Lipinski definition) is 1. The largest absolute Gasteiger partial charge is 0.256 e. The molecule has 0 fully saturated rings. The monoisotopic (exact) mass is 309 g/mol. The number of benzene rings is 2. The Morgan fingerprint density at radius 3 is 2.43 bits per heavy atom. The van der Waals surface area contributed by atoms with E-state index in [1.54, 1.807) is 19.1 Å². The standard InChI is InChI=1S/C22H23N/c1-5-18-14-23-22(12-15(18)2)21-13-20(16(3)11-17(21)4)19-9-7-6-8-10-19/h6-14H,5H2,1-4H3/i2D3,3D3,5D2. The molecule has 2 aromatic carbocycles. The summed E-state index contributed by atoms with van der Waals surface area (Å²) in [6.45, 7) is -1.80. The zero-order chi connectivity index (χ0) is 23.2. The average molecular weight is 309 g/mol. The maximum atomic E-state index is 7.97. The van der Waals surface area contributed by atoms with Crippen molar-refractivity contribution in [1.29, 1.82) is 0 Å². The molecule has 1 heterocycles. The number of hydrogen-bond donors (Lipinski definition) is 0. The second-order valence-electron chi connectivity index (χ2n) is 5.44. The minimum absolute atomic E-state index is 0.0105. The van der Waals surface area contributed by atoms with Gasteiger partial charge in [-0.1, -0.05) is 43.3 Å². The van der Waals surface area contributed by atoms with Crippen LogP contribution in [-0.2, 0) is 6.37 Å². The van der Waals surface area contributed by atoms with E-state index in [-0.39, 0.29) is 16.7 Å². The van der Waals surface area contributed by atoms with Crippen molar-refractivity contribution in [1.82, 2.24) is 4.98 Å². The van der Waals surface area contributed by atoms with Crippen LogP contribution in [0.1, 0.15) is 40.1 Å². The number of aryl methyl sites for hydroxylation is 4. The molecule has 23 heavy (non-hydrogen) atoms. The second-order valence-corrected chi connectivity index (χ2v) is 5.44. The van der Waals surface area contributed by atoms with Crippen molar-refractivity contribution in [3.05, 3.63) is 77.0 Å². The van der Waals surface area contributed by atoms with Gasteiger partial charge in [-0.25, -0.2) is 0 Å². The van der Waals surface area contributed by atoms with Gasteiger partial charge >= 0.3 is 0 Å². The Hall–Kier alpha value is -2.41.